The zero-order chi connectivity index (χ0) is 6.36. The van der Waals surface area contributed by atoms with Crippen molar-refractivity contribution in [2.24, 2.45) is 0 Å². The summed E-state index contributed by atoms with van der Waals surface area (Å²) in [5.41, 5.74) is 0. The first-order valence-electron chi connectivity index (χ1n) is 2.90. The molecule has 9 heavy (non-hydrogen) atoms. The van der Waals surface area contributed by atoms with Crippen molar-refractivity contribution in [2.75, 3.05) is 13.1 Å². The van der Waals surface area contributed by atoms with Gasteiger partial charge in [-0.3, -0.25) is 0 Å². The summed E-state index contributed by atoms with van der Waals surface area (Å²) in [6.45, 7) is 2.50. The Morgan fingerprint density at radius 1 is 1.44 bits per heavy atom. The van der Waals surface area contributed by atoms with Crippen LogP contribution in [0.15, 0.2) is 17.2 Å². The third-order valence-electron chi connectivity index (χ3n) is 0.990. The normalized spacial score (nSPS) is 15.1. The molecular weight excluding hydrogens is 118 g/mol. The summed E-state index contributed by atoms with van der Waals surface area (Å²) in [7, 11) is 0. The number of hydrogen-bond donors (Lipinski definition) is 1. The summed E-state index contributed by atoms with van der Waals surface area (Å²) in [5.74, 6) is 0. The quantitative estimate of drug-likeness (QED) is 0.535. The van der Waals surface area contributed by atoms with E-state index in [1.165, 1.54) is 32.2 Å². The lowest BCUT2D eigenvalue weighted by Gasteiger charge is -2.09. The van der Waals surface area contributed by atoms with Gasteiger partial charge in [-0.15, -0.1) is 0 Å². The van der Waals surface area contributed by atoms with Crippen LogP contribution in [-0.2, 0) is 0 Å². The molecule has 0 amide bonds. The van der Waals surface area contributed by atoms with Crippen molar-refractivity contribution in [1.29, 1.82) is 0 Å². The molecule has 0 spiro atoms. The molecule has 0 saturated carbocycles. The van der Waals surface area contributed by atoms with Crippen LogP contribution in [0.5, 0.6) is 0 Å². The highest BCUT2D eigenvalue weighted by Gasteiger charge is 1.92. The highest BCUT2D eigenvalue weighted by atomic mass is 16.5. The van der Waals surface area contributed by atoms with Crippen LogP contribution in [0, 0.1) is 0 Å². The predicted molar refractivity (Wildman–Crippen MR) is 31.8 cm³/mol. The fraction of sp³-hybridized carbons (Fsp3) is 0.600. The molecule has 1 saturated heterocycles. The Labute approximate surface area is 53.3 Å². The fourth-order valence-electron chi connectivity index (χ4n) is 0.313. The van der Waals surface area contributed by atoms with E-state index in [0.29, 0.717) is 0 Å². The molecule has 1 aliphatic rings. The van der Waals surface area contributed by atoms with Gasteiger partial charge in [0, 0.05) is 0 Å². The second kappa shape index (κ2) is 4.03. The highest BCUT2D eigenvalue weighted by Crippen LogP contribution is 1.80. The first kappa shape index (κ1) is 6.22. The second-order valence-electron chi connectivity index (χ2n) is 1.68. The third kappa shape index (κ3) is 2.81. The van der Waals surface area contributed by atoms with Crippen LogP contribution in [0.2, 0.25) is 0 Å². The Balaban J connectivity index is 0.0000000922. The molecule has 1 aromatic heterocycles. The lowest BCUT2D eigenvalue weighted by Crippen LogP contribution is -2.29. The Morgan fingerprint density at radius 3 is 2.22 bits per heavy atom. The highest BCUT2D eigenvalue weighted by molar-refractivity contribution is 4.56. The molecule has 0 aromatic carbocycles. The van der Waals surface area contributed by atoms with Crippen LogP contribution in [0.3, 0.4) is 0 Å². The first-order chi connectivity index (χ1) is 4.50. The smallest absolute Gasteiger partial charge is 0.213 e. The molecule has 0 radical (unpaired) electrons. The zero-order valence-electron chi connectivity index (χ0n) is 5.08. The number of aromatic nitrogens is 2. The van der Waals surface area contributed by atoms with E-state index < -0.39 is 0 Å². The minimum atomic E-state index is 1.25. The molecule has 4 heteroatoms. The number of nitrogens with one attached hydrogen (secondary N) is 1. The zero-order valence-corrected chi connectivity index (χ0v) is 5.08. The van der Waals surface area contributed by atoms with Crippen LogP contribution < -0.4 is 5.32 Å². The summed E-state index contributed by atoms with van der Waals surface area (Å²) in [6.07, 6.45) is 3.99. The summed E-state index contributed by atoms with van der Waals surface area (Å²) < 4.78 is 4.22. The Hall–Kier alpha value is -0.900. The van der Waals surface area contributed by atoms with Gasteiger partial charge >= 0.3 is 0 Å². The van der Waals surface area contributed by atoms with Gasteiger partial charge in [0.1, 0.15) is 0 Å². The van der Waals surface area contributed by atoms with Gasteiger partial charge in [0.15, 0.2) is 6.33 Å². The van der Waals surface area contributed by atoms with Crippen LogP contribution in [0.1, 0.15) is 6.42 Å². The largest absolute Gasteiger partial charge is 0.343 e. The molecule has 2 heterocycles. The maximum absolute atomic E-state index is 4.22. The molecule has 1 aliphatic heterocycles. The molecule has 0 unspecified atom stereocenters. The summed E-state index contributed by atoms with van der Waals surface area (Å²) in [4.78, 5) is 3.44. The van der Waals surface area contributed by atoms with E-state index in [2.05, 4.69) is 20.0 Å². The molecule has 1 aromatic rings. The van der Waals surface area contributed by atoms with Crippen molar-refractivity contribution in [2.45, 2.75) is 6.42 Å². The van der Waals surface area contributed by atoms with E-state index in [-0.39, 0.29) is 0 Å². The van der Waals surface area contributed by atoms with E-state index in [1.54, 1.807) is 0 Å². The molecule has 0 atom stereocenters. The Bertz CT molecular complexity index is 104. The van der Waals surface area contributed by atoms with Crippen LogP contribution >= 0.6 is 0 Å². The van der Waals surface area contributed by atoms with E-state index in [0.717, 1.165) is 0 Å². The molecule has 1 N–H and O–H groups in total. The summed E-state index contributed by atoms with van der Waals surface area (Å²) in [5, 5.41) is 6.35. The summed E-state index contributed by atoms with van der Waals surface area (Å²) >= 11 is 0. The predicted octanol–water partition coefficient (Wildman–Crippen LogP) is 0.0493. The van der Waals surface area contributed by atoms with Crippen molar-refractivity contribution >= 4 is 0 Å². The Morgan fingerprint density at radius 2 is 2.11 bits per heavy atom. The number of rotatable bonds is 0. The topological polar surface area (TPSA) is 51.0 Å². The van der Waals surface area contributed by atoms with Gasteiger partial charge in [0.2, 0.25) is 6.39 Å². The lowest BCUT2D eigenvalue weighted by atomic mass is 10.3. The van der Waals surface area contributed by atoms with E-state index in [1.807, 2.05) is 0 Å². The maximum atomic E-state index is 4.22. The average Bonchev–Trinajstić information content (AvgIpc) is 2.07. The van der Waals surface area contributed by atoms with E-state index >= 15 is 0 Å². The third-order valence-corrected chi connectivity index (χ3v) is 0.990. The minimum absolute atomic E-state index is 1.25. The van der Waals surface area contributed by atoms with Gasteiger partial charge in [-0.05, 0) is 19.5 Å². The van der Waals surface area contributed by atoms with Crippen molar-refractivity contribution in [3.05, 3.63) is 12.7 Å². The van der Waals surface area contributed by atoms with Crippen molar-refractivity contribution in [3.63, 3.8) is 0 Å². The monoisotopic (exact) mass is 127 g/mol. The average molecular weight is 127 g/mol. The van der Waals surface area contributed by atoms with Gasteiger partial charge in [-0.1, -0.05) is 5.16 Å². The van der Waals surface area contributed by atoms with Crippen molar-refractivity contribution < 1.29 is 4.52 Å². The molecule has 4 nitrogen and oxygen atoms in total. The van der Waals surface area contributed by atoms with Gasteiger partial charge in [-0.25, -0.2) is 4.98 Å². The van der Waals surface area contributed by atoms with E-state index in [9.17, 15) is 0 Å². The first-order valence-corrected chi connectivity index (χ1v) is 2.90. The Kier molecular flexibility index (Phi) is 2.78. The van der Waals surface area contributed by atoms with Gasteiger partial charge in [0.25, 0.3) is 0 Å². The molecule has 0 bridgehead atoms. The molecule has 0 aliphatic carbocycles. The molecule has 50 valence electrons. The molecular formula is C5H9N3O. The van der Waals surface area contributed by atoms with Crippen LogP contribution in [0.25, 0.3) is 0 Å². The van der Waals surface area contributed by atoms with Gasteiger partial charge in [-0.2, -0.15) is 0 Å². The number of nitrogens with zero attached hydrogens (tertiary/aromatic N) is 2. The minimum Gasteiger partial charge on any atom is -0.343 e. The number of hydrogen-bond acceptors (Lipinski definition) is 4. The van der Waals surface area contributed by atoms with Gasteiger partial charge < -0.3 is 9.84 Å². The second-order valence-corrected chi connectivity index (χ2v) is 1.68. The van der Waals surface area contributed by atoms with Crippen molar-refractivity contribution in [3.8, 4) is 0 Å². The molecule has 2 rings (SSSR count). The van der Waals surface area contributed by atoms with E-state index in [4.69, 9.17) is 0 Å². The van der Waals surface area contributed by atoms with Gasteiger partial charge in [0.05, 0.1) is 0 Å². The molecule has 1 fully saturated rings. The maximum Gasteiger partial charge on any atom is 0.213 e. The standard InChI is InChI=1S/C3H7N.C2H2N2O/c1-2-4-3-1;1-3-2-5-4-1/h4H,1-3H2;1-2H. The van der Waals surface area contributed by atoms with Crippen LogP contribution in [-0.4, -0.2) is 23.2 Å². The van der Waals surface area contributed by atoms with Crippen molar-refractivity contribution in [1.82, 2.24) is 15.5 Å². The lowest BCUT2D eigenvalue weighted by molar-refractivity contribution is 0.416. The SMILES string of the molecule is C1CNC1.c1ncon1. The summed E-state index contributed by atoms with van der Waals surface area (Å²) in [6, 6.07) is 0. The fourth-order valence-corrected chi connectivity index (χ4v) is 0.313. The van der Waals surface area contributed by atoms with Crippen LogP contribution in [0.4, 0.5) is 0 Å².